The summed E-state index contributed by atoms with van der Waals surface area (Å²) in [6.07, 6.45) is 0.509. The van der Waals surface area contributed by atoms with E-state index in [0.29, 0.717) is 30.2 Å². The van der Waals surface area contributed by atoms with Crippen LogP contribution in [0.5, 0.6) is 11.5 Å². The first-order valence-corrected chi connectivity index (χ1v) is 8.72. The highest BCUT2D eigenvalue weighted by Gasteiger charge is 2.46. The first kappa shape index (κ1) is 17.5. The van der Waals surface area contributed by atoms with Crippen molar-refractivity contribution in [1.82, 2.24) is 0 Å². The van der Waals surface area contributed by atoms with Crippen LogP contribution in [0.2, 0.25) is 0 Å². The Labute approximate surface area is 156 Å². The number of ether oxygens (including phenoxy) is 2. The number of fused-ring (bicyclic) bond motifs is 2. The third kappa shape index (κ3) is 2.94. The SMILES string of the molecule is COc1cc2c(cc1OC)C[NH+]1CC(=O)N(c3ccc(F)cc3)C(=O)[C@@H]1C2. The molecule has 1 unspecified atom stereocenters. The van der Waals surface area contributed by atoms with E-state index >= 15 is 0 Å². The van der Waals surface area contributed by atoms with Crippen molar-refractivity contribution in [2.45, 2.75) is 19.0 Å². The third-order valence-electron chi connectivity index (χ3n) is 5.27. The van der Waals surface area contributed by atoms with Crippen LogP contribution >= 0.6 is 0 Å². The fraction of sp³-hybridized carbons (Fsp3) is 0.300. The Balaban J connectivity index is 1.67. The Bertz CT molecular complexity index is 913. The number of nitrogens with one attached hydrogen (secondary N) is 1. The maximum atomic E-state index is 13.2. The average molecular weight is 371 g/mol. The molecule has 0 spiro atoms. The number of rotatable bonds is 3. The van der Waals surface area contributed by atoms with E-state index in [1.165, 1.54) is 29.2 Å². The molecule has 1 N–H and O–H groups in total. The normalized spacial score (nSPS) is 21.5. The molecule has 7 heteroatoms. The second-order valence-corrected chi connectivity index (χ2v) is 6.79. The second-order valence-electron chi connectivity index (χ2n) is 6.79. The lowest BCUT2D eigenvalue weighted by molar-refractivity contribution is -0.925. The van der Waals surface area contributed by atoms with Crippen LogP contribution in [0.15, 0.2) is 36.4 Å². The molecule has 0 aromatic heterocycles. The topological polar surface area (TPSA) is 60.3 Å². The summed E-state index contributed by atoms with van der Waals surface area (Å²) in [6, 6.07) is 8.88. The smallest absolute Gasteiger partial charge is 0.292 e. The highest BCUT2D eigenvalue weighted by molar-refractivity contribution is 6.17. The number of benzene rings is 2. The molecule has 0 saturated carbocycles. The van der Waals surface area contributed by atoms with Crippen LogP contribution in [0.4, 0.5) is 10.1 Å². The number of hydrogen-bond donors (Lipinski definition) is 1. The van der Waals surface area contributed by atoms with Crippen LogP contribution < -0.4 is 19.3 Å². The first-order valence-electron chi connectivity index (χ1n) is 8.72. The zero-order valence-corrected chi connectivity index (χ0v) is 15.1. The largest absolute Gasteiger partial charge is 0.493 e. The predicted molar refractivity (Wildman–Crippen MR) is 95.5 cm³/mol. The number of quaternary nitrogens is 1. The van der Waals surface area contributed by atoms with Crippen LogP contribution in [-0.4, -0.2) is 38.6 Å². The summed E-state index contributed by atoms with van der Waals surface area (Å²) in [5.41, 5.74) is 2.47. The van der Waals surface area contributed by atoms with Gasteiger partial charge in [0.2, 0.25) is 0 Å². The number of amides is 2. The first-order chi connectivity index (χ1) is 13.0. The monoisotopic (exact) mass is 371 g/mol. The molecule has 2 amide bonds. The molecule has 0 aliphatic carbocycles. The van der Waals surface area contributed by atoms with Crippen molar-refractivity contribution in [3.8, 4) is 11.5 Å². The molecule has 4 rings (SSSR count). The zero-order valence-electron chi connectivity index (χ0n) is 15.1. The molecule has 6 nitrogen and oxygen atoms in total. The molecular weight excluding hydrogens is 351 g/mol. The van der Waals surface area contributed by atoms with Gasteiger partial charge >= 0.3 is 0 Å². The van der Waals surface area contributed by atoms with Gasteiger partial charge in [-0.25, -0.2) is 9.29 Å². The highest BCUT2D eigenvalue weighted by Crippen LogP contribution is 2.32. The minimum Gasteiger partial charge on any atom is -0.493 e. The van der Waals surface area contributed by atoms with Gasteiger partial charge in [-0.2, -0.15) is 0 Å². The molecular formula is C20H20FN2O4+. The van der Waals surface area contributed by atoms with E-state index in [1.807, 2.05) is 12.1 Å². The summed E-state index contributed by atoms with van der Waals surface area (Å²) in [5, 5.41) is 0. The molecule has 27 heavy (non-hydrogen) atoms. The van der Waals surface area contributed by atoms with Gasteiger partial charge < -0.3 is 14.4 Å². The molecule has 2 aromatic rings. The van der Waals surface area contributed by atoms with Crippen molar-refractivity contribution in [1.29, 1.82) is 0 Å². The van der Waals surface area contributed by atoms with Gasteiger partial charge in [0.15, 0.2) is 24.1 Å². The zero-order chi connectivity index (χ0) is 19.1. The van der Waals surface area contributed by atoms with Crippen molar-refractivity contribution < 1.29 is 28.4 Å². The predicted octanol–water partition coefficient (Wildman–Crippen LogP) is 0.726. The van der Waals surface area contributed by atoms with Gasteiger partial charge in [0.1, 0.15) is 12.4 Å². The van der Waals surface area contributed by atoms with Crippen molar-refractivity contribution in [3.63, 3.8) is 0 Å². The van der Waals surface area contributed by atoms with Gasteiger partial charge in [-0.15, -0.1) is 0 Å². The summed E-state index contributed by atoms with van der Waals surface area (Å²) >= 11 is 0. The molecule has 2 aliphatic heterocycles. The lowest BCUT2D eigenvalue weighted by atomic mass is 9.91. The minimum atomic E-state index is -0.407. The van der Waals surface area contributed by atoms with Crippen molar-refractivity contribution in [2.24, 2.45) is 0 Å². The molecule has 2 heterocycles. The van der Waals surface area contributed by atoms with E-state index in [9.17, 15) is 14.0 Å². The fourth-order valence-corrected chi connectivity index (χ4v) is 3.91. The number of methoxy groups -OCH3 is 2. The number of piperazine rings is 1. The summed E-state index contributed by atoms with van der Waals surface area (Å²) in [5.74, 6) is 0.316. The number of imide groups is 1. The number of hydrogen-bond acceptors (Lipinski definition) is 4. The Morgan fingerprint density at radius 1 is 1.00 bits per heavy atom. The summed E-state index contributed by atoms with van der Waals surface area (Å²) in [4.78, 5) is 27.8. The second kappa shape index (κ2) is 6.66. The van der Waals surface area contributed by atoms with Crippen LogP contribution in [0.1, 0.15) is 11.1 Å². The van der Waals surface area contributed by atoms with Gasteiger partial charge in [-0.05, 0) is 42.0 Å². The molecule has 0 radical (unpaired) electrons. The van der Waals surface area contributed by atoms with Gasteiger partial charge in [0.05, 0.1) is 19.9 Å². The molecule has 2 aliphatic rings. The van der Waals surface area contributed by atoms with E-state index in [4.69, 9.17) is 9.47 Å². The lowest BCUT2D eigenvalue weighted by Gasteiger charge is -2.39. The lowest BCUT2D eigenvalue weighted by Crippen LogP contribution is -3.19. The summed E-state index contributed by atoms with van der Waals surface area (Å²) in [7, 11) is 3.16. The quantitative estimate of drug-likeness (QED) is 0.808. The number of halogens is 1. The van der Waals surface area contributed by atoms with E-state index in [-0.39, 0.29) is 24.4 Å². The molecule has 1 fully saturated rings. The van der Waals surface area contributed by atoms with Crippen LogP contribution in [0.3, 0.4) is 0 Å². The molecule has 2 aromatic carbocycles. The third-order valence-corrected chi connectivity index (χ3v) is 5.27. The highest BCUT2D eigenvalue weighted by atomic mass is 19.1. The fourth-order valence-electron chi connectivity index (χ4n) is 3.91. The number of anilines is 1. The number of nitrogens with zero attached hydrogens (tertiary/aromatic N) is 1. The van der Waals surface area contributed by atoms with E-state index in [0.717, 1.165) is 16.0 Å². The van der Waals surface area contributed by atoms with E-state index in [1.54, 1.807) is 14.2 Å². The standard InChI is InChI=1S/C20H19FN2O4/c1-26-17-8-12-7-16-20(25)23(15-5-3-14(21)4-6-15)19(24)11-22(16)10-13(12)9-18(17)27-2/h3-6,8-9,16H,7,10-11H2,1-2H3/p+1/t16-/m0/s1. The van der Waals surface area contributed by atoms with Crippen molar-refractivity contribution in [2.75, 3.05) is 25.7 Å². The summed E-state index contributed by atoms with van der Waals surface area (Å²) in [6.45, 7) is 0.774. The van der Waals surface area contributed by atoms with Gasteiger partial charge in [-0.1, -0.05) is 0 Å². The van der Waals surface area contributed by atoms with Crippen molar-refractivity contribution in [3.05, 3.63) is 53.3 Å². The Morgan fingerprint density at radius 3 is 2.26 bits per heavy atom. The van der Waals surface area contributed by atoms with Crippen LogP contribution in [0.25, 0.3) is 0 Å². The number of carbonyl (C=O) groups excluding carboxylic acids is 2. The number of carbonyl (C=O) groups is 2. The molecule has 2 atom stereocenters. The molecule has 140 valence electrons. The maximum absolute atomic E-state index is 13.2. The van der Waals surface area contributed by atoms with Crippen molar-refractivity contribution >= 4 is 17.5 Å². The Morgan fingerprint density at radius 2 is 1.63 bits per heavy atom. The van der Waals surface area contributed by atoms with Crippen LogP contribution in [0, 0.1) is 5.82 Å². The van der Waals surface area contributed by atoms with Crippen LogP contribution in [-0.2, 0) is 22.6 Å². The van der Waals surface area contributed by atoms with Gasteiger partial charge in [0.25, 0.3) is 11.8 Å². The Hall–Kier alpha value is -2.93. The van der Waals surface area contributed by atoms with E-state index in [2.05, 4.69) is 0 Å². The molecule has 0 bridgehead atoms. The van der Waals surface area contributed by atoms with Gasteiger partial charge in [0, 0.05) is 12.0 Å². The van der Waals surface area contributed by atoms with Gasteiger partial charge in [-0.3, -0.25) is 9.59 Å². The van der Waals surface area contributed by atoms with E-state index < -0.39 is 5.82 Å². The average Bonchev–Trinajstić information content (AvgIpc) is 2.67. The maximum Gasteiger partial charge on any atom is 0.292 e. The Kier molecular flexibility index (Phi) is 4.31. The summed E-state index contributed by atoms with van der Waals surface area (Å²) < 4.78 is 23.9. The minimum absolute atomic E-state index is 0.210. The molecule has 1 saturated heterocycles.